The summed E-state index contributed by atoms with van der Waals surface area (Å²) in [6.45, 7) is 1.89. The van der Waals surface area contributed by atoms with Crippen molar-refractivity contribution < 1.29 is 27.9 Å². The number of hydrogen-bond acceptors (Lipinski definition) is 7. The van der Waals surface area contributed by atoms with E-state index in [4.69, 9.17) is 4.74 Å². The zero-order chi connectivity index (χ0) is 29.7. The lowest BCUT2D eigenvalue weighted by Crippen LogP contribution is -2.56. The highest BCUT2D eigenvalue weighted by atomic mass is 32.2. The van der Waals surface area contributed by atoms with Crippen LogP contribution in [-0.2, 0) is 20.5 Å². The highest BCUT2D eigenvalue weighted by Gasteiger charge is 2.61. The first-order valence-electron chi connectivity index (χ1n) is 13.4. The van der Waals surface area contributed by atoms with E-state index >= 15 is 0 Å². The minimum atomic E-state index is -4.72. The Balaban J connectivity index is 1.84. The van der Waals surface area contributed by atoms with Gasteiger partial charge in [-0.2, -0.15) is 13.1 Å². The average Bonchev–Trinajstić information content (AvgIpc) is 3.20. The molecule has 2 N–H and O–H groups in total. The Hall–Kier alpha value is -4.09. The molecule has 0 fully saturated rings. The minimum absolute atomic E-state index is 0.0850. The summed E-state index contributed by atoms with van der Waals surface area (Å²) in [6.07, 6.45) is 1.27. The van der Waals surface area contributed by atoms with E-state index in [1.165, 1.54) is 0 Å². The molecule has 3 aromatic rings. The van der Waals surface area contributed by atoms with Gasteiger partial charge in [0.25, 0.3) is 5.91 Å². The summed E-state index contributed by atoms with van der Waals surface area (Å²) in [5.74, 6) is -1.27. The molecule has 2 aliphatic heterocycles. The van der Waals surface area contributed by atoms with Crippen LogP contribution in [0.25, 0.3) is 0 Å². The number of carboxylic acids is 1. The van der Waals surface area contributed by atoms with Crippen molar-refractivity contribution in [1.29, 1.82) is 0 Å². The third kappa shape index (κ3) is 4.49. The molecule has 2 aliphatic rings. The summed E-state index contributed by atoms with van der Waals surface area (Å²) in [7, 11) is 2.82. The zero-order valence-electron chi connectivity index (χ0n) is 23.7. The maximum absolute atomic E-state index is 14.3. The molecule has 0 aliphatic carbocycles. The van der Waals surface area contributed by atoms with Crippen molar-refractivity contribution in [2.75, 3.05) is 38.0 Å². The van der Waals surface area contributed by atoms with Gasteiger partial charge in [-0.25, -0.2) is 4.31 Å². The first-order chi connectivity index (χ1) is 19.4. The Kier molecular flexibility index (Phi) is 7.20. The second-order valence-corrected chi connectivity index (χ2v) is 12.3. The molecule has 11 heteroatoms. The molecule has 0 bridgehead atoms. The van der Waals surface area contributed by atoms with Crippen LogP contribution >= 0.6 is 0 Å². The monoisotopic (exact) mass is 578 g/mol. The van der Waals surface area contributed by atoms with Gasteiger partial charge in [-0.3, -0.25) is 9.59 Å². The number of nitrogens with one attached hydrogen (secondary N) is 1. The Bertz CT molecular complexity index is 1580. The number of hydrogen-bond donors (Lipinski definition) is 2. The van der Waals surface area contributed by atoms with Gasteiger partial charge in [0, 0.05) is 74.0 Å². The molecule has 10 nitrogen and oxygen atoms in total. The molecule has 5 rings (SSSR count). The van der Waals surface area contributed by atoms with E-state index in [0.717, 1.165) is 15.7 Å². The number of unbranched alkanes of at least 4 members (excludes halogenated alkanes) is 1. The molecule has 1 atom stereocenters. The van der Waals surface area contributed by atoms with Crippen LogP contribution in [0.3, 0.4) is 0 Å². The van der Waals surface area contributed by atoms with Gasteiger partial charge in [0.05, 0.1) is 0 Å². The van der Waals surface area contributed by atoms with Gasteiger partial charge in [0.2, 0.25) is 0 Å². The van der Waals surface area contributed by atoms with Crippen molar-refractivity contribution in [2.24, 2.45) is 0 Å². The normalized spacial score (nSPS) is 15.5. The quantitative estimate of drug-likeness (QED) is 0.389. The number of fused-ring (bicyclic) bond motifs is 6. The molecule has 1 unspecified atom stereocenters. The number of carbonyl (C=O) groups excluding carboxylic acids is 1. The molecular weight excluding hydrogens is 544 g/mol. The first-order valence-corrected chi connectivity index (χ1v) is 14.9. The number of rotatable bonds is 9. The fourth-order valence-corrected chi connectivity index (χ4v) is 7.29. The van der Waals surface area contributed by atoms with Crippen LogP contribution in [0.5, 0.6) is 11.5 Å². The molecular formula is C30H34N4O6S. The SMILES string of the molecule is CCCCC(NS(=O)(=O)N1C(=O)c2ccccc2C12c1ccc(N(C)C)cc1Oc1cc(N(C)C)ccc12)C(=O)O. The predicted molar refractivity (Wildman–Crippen MR) is 157 cm³/mol. The standard InChI is InChI=1S/C30H34N4O6S/c1-6-7-12-25(29(36)37)31-41(38,39)34-28(35)21-10-8-9-11-22(21)30(34)23-15-13-19(32(2)3)17-26(23)40-27-18-20(33(4)5)14-16-24(27)30/h8-11,13-18,25,31H,6-7,12H2,1-5H3,(H,36,37). The van der Waals surface area contributed by atoms with E-state index in [2.05, 4.69) is 4.72 Å². The summed E-state index contributed by atoms with van der Waals surface area (Å²) in [4.78, 5) is 30.1. The molecule has 0 aromatic heterocycles. The highest BCUT2D eigenvalue weighted by molar-refractivity contribution is 7.87. The minimum Gasteiger partial charge on any atom is -0.480 e. The first kappa shape index (κ1) is 28.4. The second kappa shape index (κ2) is 10.4. The van der Waals surface area contributed by atoms with Crippen molar-refractivity contribution in [3.05, 3.63) is 82.9 Å². The van der Waals surface area contributed by atoms with Crippen molar-refractivity contribution in [3.63, 3.8) is 0 Å². The summed E-state index contributed by atoms with van der Waals surface area (Å²) in [5.41, 5.74) is 1.59. The van der Waals surface area contributed by atoms with Crippen molar-refractivity contribution in [2.45, 2.75) is 37.8 Å². The third-order valence-corrected chi connectivity index (χ3v) is 9.18. The molecule has 0 saturated carbocycles. The molecule has 1 spiro atoms. The van der Waals surface area contributed by atoms with E-state index in [9.17, 15) is 23.1 Å². The van der Waals surface area contributed by atoms with Crippen LogP contribution in [0.15, 0.2) is 60.7 Å². The highest BCUT2D eigenvalue weighted by Crippen LogP contribution is 2.59. The number of carboxylic acid groups (broad SMARTS) is 1. The second-order valence-electron chi connectivity index (χ2n) is 10.7. The Labute approximate surface area is 240 Å². The lowest BCUT2D eigenvalue weighted by Gasteiger charge is -2.43. The Morgan fingerprint density at radius 3 is 2.02 bits per heavy atom. The van der Waals surface area contributed by atoms with Crippen molar-refractivity contribution in [3.8, 4) is 11.5 Å². The lowest BCUT2D eigenvalue weighted by atomic mass is 9.75. The largest absolute Gasteiger partial charge is 0.480 e. The molecule has 41 heavy (non-hydrogen) atoms. The van der Waals surface area contributed by atoms with Gasteiger partial charge in [-0.05, 0) is 24.6 Å². The molecule has 1 amide bonds. The van der Waals surface area contributed by atoms with Crippen LogP contribution in [-0.4, -0.2) is 63.9 Å². The topological polar surface area (TPSA) is 119 Å². The van der Waals surface area contributed by atoms with E-state index in [-0.39, 0.29) is 12.0 Å². The van der Waals surface area contributed by atoms with Crippen LogP contribution in [0.1, 0.15) is 53.2 Å². The zero-order valence-corrected chi connectivity index (χ0v) is 24.5. The maximum atomic E-state index is 14.3. The Morgan fingerprint density at radius 1 is 0.951 bits per heavy atom. The molecule has 216 valence electrons. The van der Waals surface area contributed by atoms with Gasteiger partial charge >= 0.3 is 16.2 Å². The fourth-order valence-electron chi connectivity index (χ4n) is 5.64. The number of ether oxygens (including phenoxy) is 1. The van der Waals surface area contributed by atoms with Crippen LogP contribution < -0.4 is 19.3 Å². The predicted octanol–water partition coefficient (Wildman–Crippen LogP) is 4.15. The van der Waals surface area contributed by atoms with Crippen LogP contribution in [0.2, 0.25) is 0 Å². The number of benzene rings is 3. The van der Waals surface area contributed by atoms with Gasteiger partial charge in [-0.1, -0.05) is 50.1 Å². The van der Waals surface area contributed by atoms with E-state index in [1.54, 1.807) is 36.4 Å². The number of anilines is 2. The third-order valence-electron chi connectivity index (χ3n) is 7.68. The molecule has 2 heterocycles. The van der Waals surface area contributed by atoms with E-state index in [1.807, 2.05) is 69.2 Å². The van der Waals surface area contributed by atoms with Crippen molar-refractivity contribution >= 4 is 33.5 Å². The summed E-state index contributed by atoms with van der Waals surface area (Å²) in [5, 5.41) is 9.87. The maximum Gasteiger partial charge on any atom is 0.321 e. The molecule has 0 saturated heterocycles. The van der Waals surface area contributed by atoms with E-state index < -0.39 is 33.7 Å². The van der Waals surface area contributed by atoms with Crippen molar-refractivity contribution in [1.82, 2.24) is 9.03 Å². The van der Waals surface area contributed by atoms with Crippen LogP contribution in [0, 0.1) is 0 Å². The van der Waals surface area contributed by atoms with Gasteiger partial charge in [-0.15, -0.1) is 0 Å². The average molecular weight is 579 g/mol. The Morgan fingerprint density at radius 2 is 1.51 bits per heavy atom. The summed E-state index contributed by atoms with van der Waals surface area (Å²) in [6, 6.07) is 16.2. The van der Waals surface area contributed by atoms with Gasteiger partial charge in [0.1, 0.15) is 23.1 Å². The molecule has 3 aromatic carbocycles. The number of carbonyl (C=O) groups is 2. The van der Waals surface area contributed by atoms with E-state index in [0.29, 0.717) is 41.0 Å². The fraction of sp³-hybridized carbons (Fsp3) is 0.333. The van der Waals surface area contributed by atoms with Gasteiger partial charge < -0.3 is 19.6 Å². The molecule has 0 radical (unpaired) electrons. The number of amides is 1. The number of nitrogens with zero attached hydrogens (tertiary/aromatic N) is 3. The van der Waals surface area contributed by atoms with Crippen LogP contribution in [0.4, 0.5) is 11.4 Å². The summed E-state index contributed by atoms with van der Waals surface area (Å²) < 4.78 is 38.2. The number of aliphatic carboxylic acids is 1. The smallest absolute Gasteiger partial charge is 0.321 e. The van der Waals surface area contributed by atoms with Gasteiger partial charge in [0.15, 0.2) is 0 Å². The lowest BCUT2D eigenvalue weighted by molar-refractivity contribution is -0.139. The summed E-state index contributed by atoms with van der Waals surface area (Å²) >= 11 is 0.